The van der Waals surface area contributed by atoms with Gasteiger partial charge in [-0.2, -0.15) is 0 Å². The Hall–Kier alpha value is -2.14. The fraction of sp³-hybridized carbons (Fsp3) is 0.0667. The molecule has 1 aromatic carbocycles. The first-order chi connectivity index (χ1) is 9.58. The first-order valence-electron chi connectivity index (χ1n) is 6.05. The fourth-order valence-electron chi connectivity index (χ4n) is 2.27. The van der Waals surface area contributed by atoms with Crippen molar-refractivity contribution < 1.29 is 9.90 Å². The SMILES string of the molecule is Cc1cc(Br)cn2c(C(=O)O)c(-c3ccccc3)nc12. The van der Waals surface area contributed by atoms with Gasteiger partial charge in [0.15, 0.2) is 5.69 Å². The van der Waals surface area contributed by atoms with Crippen molar-refractivity contribution in [1.29, 1.82) is 0 Å². The summed E-state index contributed by atoms with van der Waals surface area (Å²) in [5.74, 6) is -0.992. The maximum absolute atomic E-state index is 11.6. The number of aromatic carboxylic acids is 1. The van der Waals surface area contributed by atoms with E-state index in [0.717, 1.165) is 15.6 Å². The number of hydrogen-bond acceptors (Lipinski definition) is 2. The maximum Gasteiger partial charge on any atom is 0.355 e. The Morgan fingerprint density at radius 2 is 2.00 bits per heavy atom. The van der Waals surface area contributed by atoms with Gasteiger partial charge in [-0.15, -0.1) is 0 Å². The highest BCUT2D eigenvalue weighted by Crippen LogP contribution is 2.27. The Morgan fingerprint density at radius 3 is 2.65 bits per heavy atom. The van der Waals surface area contributed by atoms with Crippen LogP contribution in [0.25, 0.3) is 16.9 Å². The largest absolute Gasteiger partial charge is 0.476 e. The lowest BCUT2D eigenvalue weighted by atomic mass is 10.1. The number of carboxylic acid groups (broad SMARTS) is 1. The van der Waals surface area contributed by atoms with E-state index in [2.05, 4.69) is 20.9 Å². The number of nitrogens with zero attached hydrogens (tertiary/aromatic N) is 2. The van der Waals surface area contributed by atoms with E-state index in [1.807, 2.05) is 43.3 Å². The predicted molar refractivity (Wildman–Crippen MR) is 80.0 cm³/mol. The van der Waals surface area contributed by atoms with Crippen LogP contribution in [0.2, 0.25) is 0 Å². The van der Waals surface area contributed by atoms with E-state index in [1.165, 1.54) is 0 Å². The number of rotatable bonds is 2. The summed E-state index contributed by atoms with van der Waals surface area (Å²) in [5.41, 5.74) is 3.03. The van der Waals surface area contributed by atoms with E-state index in [-0.39, 0.29) is 5.69 Å². The molecule has 0 saturated carbocycles. The zero-order valence-corrected chi connectivity index (χ0v) is 12.3. The van der Waals surface area contributed by atoms with E-state index in [1.54, 1.807) is 10.6 Å². The first-order valence-corrected chi connectivity index (χ1v) is 6.84. The number of aryl methyl sites for hydroxylation is 1. The van der Waals surface area contributed by atoms with E-state index < -0.39 is 5.97 Å². The van der Waals surface area contributed by atoms with Crippen molar-refractivity contribution in [2.45, 2.75) is 6.92 Å². The Labute approximate surface area is 123 Å². The third kappa shape index (κ3) is 2.00. The molecular formula is C15H11BrN2O2. The lowest BCUT2D eigenvalue weighted by Gasteiger charge is -2.02. The number of fused-ring (bicyclic) bond motifs is 1. The summed E-state index contributed by atoms with van der Waals surface area (Å²) < 4.78 is 2.44. The maximum atomic E-state index is 11.6. The normalized spacial score (nSPS) is 10.9. The summed E-state index contributed by atoms with van der Waals surface area (Å²) in [7, 11) is 0. The molecule has 2 heterocycles. The van der Waals surface area contributed by atoms with Crippen LogP contribution in [0.5, 0.6) is 0 Å². The highest BCUT2D eigenvalue weighted by molar-refractivity contribution is 9.10. The second-order valence-electron chi connectivity index (χ2n) is 4.52. The van der Waals surface area contributed by atoms with Gasteiger partial charge in [0.25, 0.3) is 0 Å². The van der Waals surface area contributed by atoms with Crippen molar-refractivity contribution >= 4 is 27.5 Å². The predicted octanol–water partition coefficient (Wildman–Crippen LogP) is 3.77. The molecule has 20 heavy (non-hydrogen) atoms. The zero-order chi connectivity index (χ0) is 14.3. The number of benzene rings is 1. The van der Waals surface area contributed by atoms with Gasteiger partial charge in [-0.25, -0.2) is 9.78 Å². The first kappa shape index (κ1) is 12.9. The van der Waals surface area contributed by atoms with Gasteiger partial charge >= 0.3 is 5.97 Å². The molecule has 4 nitrogen and oxygen atoms in total. The average molecular weight is 331 g/mol. The van der Waals surface area contributed by atoms with Crippen molar-refractivity contribution in [2.75, 3.05) is 0 Å². The molecule has 0 aliphatic carbocycles. The molecule has 5 heteroatoms. The van der Waals surface area contributed by atoms with Gasteiger partial charge in [-0.1, -0.05) is 30.3 Å². The summed E-state index contributed by atoms with van der Waals surface area (Å²) in [6.45, 7) is 1.91. The van der Waals surface area contributed by atoms with Gasteiger partial charge in [0.1, 0.15) is 11.3 Å². The molecule has 1 N–H and O–H groups in total. The van der Waals surface area contributed by atoms with Crippen molar-refractivity contribution in [1.82, 2.24) is 9.38 Å². The van der Waals surface area contributed by atoms with Crippen LogP contribution in [-0.2, 0) is 0 Å². The topological polar surface area (TPSA) is 54.6 Å². The molecule has 0 aliphatic rings. The highest BCUT2D eigenvalue weighted by Gasteiger charge is 2.20. The standard InChI is InChI=1S/C15H11BrN2O2/c1-9-7-11(16)8-18-13(15(19)20)12(17-14(9)18)10-5-3-2-4-6-10/h2-8H,1H3,(H,19,20). The molecule has 3 aromatic rings. The summed E-state index contributed by atoms with van der Waals surface area (Å²) in [6.07, 6.45) is 1.73. The quantitative estimate of drug-likeness (QED) is 0.778. The van der Waals surface area contributed by atoms with Crippen LogP contribution < -0.4 is 0 Å². The molecule has 0 unspecified atom stereocenters. The Kier molecular flexibility index (Phi) is 3.06. The fourth-order valence-corrected chi connectivity index (χ4v) is 2.82. The van der Waals surface area contributed by atoms with E-state index >= 15 is 0 Å². The number of carboxylic acids is 1. The van der Waals surface area contributed by atoms with Crippen molar-refractivity contribution in [3.8, 4) is 11.3 Å². The number of hydrogen-bond donors (Lipinski definition) is 1. The minimum absolute atomic E-state index is 0.176. The Balaban J connectivity index is 2.41. The van der Waals surface area contributed by atoms with Crippen molar-refractivity contribution in [3.63, 3.8) is 0 Å². The summed E-state index contributed by atoms with van der Waals surface area (Å²) >= 11 is 3.39. The number of aromatic nitrogens is 2. The van der Waals surface area contributed by atoms with Gasteiger partial charge in [0.2, 0.25) is 0 Å². The molecule has 0 radical (unpaired) electrons. The van der Waals surface area contributed by atoms with Crippen molar-refractivity contribution in [3.05, 3.63) is 58.3 Å². The van der Waals surface area contributed by atoms with E-state index in [9.17, 15) is 9.90 Å². The summed E-state index contributed by atoms with van der Waals surface area (Å²) in [6, 6.07) is 11.3. The van der Waals surface area contributed by atoms with Crippen LogP contribution in [0.3, 0.4) is 0 Å². The molecule has 0 atom stereocenters. The molecule has 0 bridgehead atoms. The van der Waals surface area contributed by atoms with Crippen molar-refractivity contribution in [2.24, 2.45) is 0 Å². The second kappa shape index (κ2) is 4.76. The molecule has 2 aromatic heterocycles. The van der Waals surface area contributed by atoms with Crippen LogP contribution in [0.1, 0.15) is 16.1 Å². The van der Waals surface area contributed by atoms with Crippen LogP contribution in [0, 0.1) is 6.92 Å². The molecule has 0 spiro atoms. The summed E-state index contributed by atoms with van der Waals surface area (Å²) in [4.78, 5) is 16.1. The Bertz CT molecular complexity index is 810. The smallest absolute Gasteiger partial charge is 0.355 e. The van der Waals surface area contributed by atoms with E-state index in [4.69, 9.17) is 0 Å². The molecule has 0 fully saturated rings. The molecule has 0 amide bonds. The van der Waals surface area contributed by atoms with Crippen LogP contribution >= 0.6 is 15.9 Å². The average Bonchev–Trinajstić information content (AvgIpc) is 2.79. The Morgan fingerprint density at radius 1 is 1.30 bits per heavy atom. The summed E-state index contributed by atoms with van der Waals surface area (Å²) in [5, 5.41) is 9.52. The molecule has 0 aliphatic heterocycles. The zero-order valence-electron chi connectivity index (χ0n) is 10.7. The van der Waals surface area contributed by atoms with Gasteiger partial charge in [0.05, 0.1) is 0 Å². The number of halogens is 1. The monoisotopic (exact) mass is 330 g/mol. The molecule has 100 valence electrons. The molecule has 3 rings (SSSR count). The van der Waals surface area contributed by atoms with Gasteiger partial charge in [0, 0.05) is 16.2 Å². The van der Waals surface area contributed by atoms with Gasteiger partial charge in [-0.3, -0.25) is 4.40 Å². The lowest BCUT2D eigenvalue weighted by Crippen LogP contribution is -2.04. The minimum atomic E-state index is -0.992. The lowest BCUT2D eigenvalue weighted by molar-refractivity contribution is 0.0690. The van der Waals surface area contributed by atoms with Crippen LogP contribution in [0.4, 0.5) is 0 Å². The number of carbonyl (C=O) groups is 1. The third-order valence-electron chi connectivity index (χ3n) is 3.12. The van der Waals surface area contributed by atoms with Crippen LogP contribution in [-0.4, -0.2) is 20.5 Å². The highest BCUT2D eigenvalue weighted by atomic mass is 79.9. The number of pyridine rings is 1. The third-order valence-corrected chi connectivity index (χ3v) is 3.55. The second-order valence-corrected chi connectivity index (χ2v) is 5.43. The molecule has 0 saturated heterocycles. The van der Waals surface area contributed by atoms with Gasteiger partial charge in [-0.05, 0) is 34.5 Å². The molecular weight excluding hydrogens is 320 g/mol. The van der Waals surface area contributed by atoms with Gasteiger partial charge < -0.3 is 5.11 Å². The van der Waals surface area contributed by atoms with E-state index in [0.29, 0.717) is 11.3 Å². The van der Waals surface area contributed by atoms with Crippen LogP contribution in [0.15, 0.2) is 47.1 Å². The minimum Gasteiger partial charge on any atom is -0.476 e. The number of imidazole rings is 1.